The zero-order valence-corrected chi connectivity index (χ0v) is 17.6. The van der Waals surface area contributed by atoms with Gasteiger partial charge in [0, 0.05) is 51.3 Å². The molecule has 4 rings (SSSR count). The lowest BCUT2D eigenvalue weighted by atomic mass is 10.2. The lowest BCUT2D eigenvalue weighted by Crippen LogP contribution is -2.35. The fourth-order valence-electron chi connectivity index (χ4n) is 4.53. The van der Waals surface area contributed by atoms with Gasteiger partial charge in [0.1, 0.15) is 0 Å². The molecule has 2 saturated heterocycles. The normalized spacial score (nSPS) is 20.1. The molecule has 0 spiro atoms. The van der Waals surface area contributed by atoms with Crippen molar-refractivity contribution in [3.8, 4) is 0 Å². The van der Waals surface area contributed by atoms with Gasteiger partial charge in [-0.2, -0.15) is 4.31 Å². The van der Waals surface area contributed by atoms with Gasteiger partial charge in [0.15, 0.2) is 0 Å². The minimum Gasteiger partial charge on any atom is -0.343 e. The molecule has 158 valence electrons. The molecular formula is C21H29N3O4S. The summed E-state index contributed by atoms with van der Waals surface area (Å²) in [6.07, 6.45) is 6.06. The highest BCUT2D eigenvalue weighted by Crippen LogP contribution is 2.32. The van der Waals surface area contributed by atoms with E-state index in [4.69, 9.17) is 0 Å². The van der Waals surface area contributed by atoms with Crippen molar-refractivity contribution < 1.29 is 18.0 Å². The predicted octanol–water partition coefficient (Wildman–Crippen LogP) is 2.15. The van der Waals surface area contributed by atoms with Crippen LogP contribution in [0.1, 0.15) is 50.5 Å². The molecule has 3 aliphatic heterocycles. The Bertz CT molecular complexity index is 887. The van der Waals surface area contributed by atoms with E-state index in [2.05, 4.69) is 0 Å². The van der Waals surface area contributed by atoms with Crippen LogP contribution in [0.5, 0.6) is 0 Å². The van der Waals surface area contributed by atoms with Crippen molar-refractivity contribution in [2.45, 2.75) is 56.3 Å². The van der Waals surface area contributed by atoms with Crippen LogP contribution in [0.15, 0.2) is 23.1 Å². The Morgan fingerprint density at radius 3 is 2.21 bits per heavy atom. The van der Waals surface area contributed by atoms with Crippen molar-refractivity contribution in [1.82, 2.24) is 9.21 Å². The first-order chi connectivity index (χ1) is 14.0. The van der Waals surface area contributed by atoms with Crippen LogP contribution in [-0.2, 0) is 26.0 Å². The Balaban J connectivity index is 1.42. The van der Waals surface area contributed by atoms with Gasteiger partial charge in [-0.1, -0.05) is 6.42 Å². The molecule has 0 saturated carbocycles. The van der Waals surface area contributed by atoms with E-state index < -0.39 is 10.0 Å². The molecule has 7 nitrogen and oxygen atoms in total. The van der Waals surface area contributed by atoms with E-state index in [1.165, 1.54) is 0 Å². The number of carbonyl (C=O) groups excluding carboxylic acids is 2. The van der Waals surface area contributed by atoms with Crippen LogP contribution in [0.4, 0.5) is 5.69 Å². The van der Waals surface area contributed by atoms with E-state index in [-0.39, 0.29) is 24.7 Å². The maximum absolute atomic E-state index is 12.9. The maximum atomic E-state index is 12.9. The SMILES string of the molecule is O=C(CCC(=O)N1CCc2cc(S(=O)(=O)N3CCCCC3)ccc21)N1CCCC1. The Labute approximate surface area is 172 Å². The van der Waals surface area contributed by atoms with Crippen LogP contribution >= 0.6 is 0 Å². The first kappa shape index (κ1) is 20.3. The standard InChI is InChI=1S/C21H29N3O4S/c25-20(22-11-4-5-12-22)8-9-21(26)24-15-10-17-16-18(6-7-19(17)24)29(27,28)23-13-2-1-3-14-23/h6-7,16H,1-5,8-15H2. The molecule has 2 amide bonds. The molecule has 3 aliphatic rings. The zero-order chi connectivity index (χ0) is 20.4. The number of likely N-dealkylation sites (tertiary alicyclic amines) is 1. The molecule has 0 unspecified atom stereocenters. The summed E-state index contributed by atoms with van der Waals surface area (Å²) in [7, 11) is -3.47. The molecule has 29 heavy (non-hydrogen) atoms. The van der Waals surface area contributed by atoms with Crippen molar-refractivity contribution >= 4 is 27.5 Å². The molecule has 1 aromatic carbocycles. The molecule has 1 aromatic rings. The van der Waals surface area contributed by atoms with Gasteiger partial charge in [0.05, 0.1) is 4.90 Å². The van der Waals surface area contributed by atoms with E-state index in [0.29, 0.717) is 31.0 Å². The highest BCUT2D eigenvalue weighted by atomic mass is 32.2. The summed E-state index contributed by atoms with van der Waals surface area (Å²) in [5, 5.41) is 0. The molecule has 0 radical (unpaired) electrons. The largest absolute Gasteiger partial charge is 0.343 e. The van der Waals surface area contributed by atoms with Gasteiger partial charge >= 0.3 is 0 Å². The van der Waals surface area contributed by atoms with Gasteiger partial charge < -0.3 is 9.80 Å². The number of benzene rings is 1. The van der Waals surface area contributed by atoms with Crippen LogP contribution in [0.25, 0.3) is 0 Å². The number of amides is 2. The summed E-state index contributed by atoms with van der Waals surface area (Å²) in [4.78, 5) is 28.7. The summed E-state index contributed by atoms with van der Waals surface area (Å²) < 4.78 is 27.4. The van der Waals surface area contributed by atoms with Gasteiger partial charge in [-0.05, 0) is 55.9 Å². The summed E-state index contributed by atoms with van der Waals surface area (Å²) in [6.45, 7) is 3.30. The second kappa shape index (κ2) is 8.44. The lowest BCUT2D eigenvalue weighted by Gasteiger charge is -2.26. The van der Waals surface area contributed by atoms with E-state index >= 15 is 0 Å². The van der Waals surface area contributed by atoms with Gasteiger partial charge in [-0.25, -0.2) is 8.42 Å². The lowest BCUT2D eigenvalue weighted by molar-refractivity contribution is -0.132. The van der Waals surface area contributed by atoms with Crippen molar-refractivity contribution in [1.29, 1.82) is 0 Å². The van der Waals surface area contributed by atoms with Gasteiger partial charge in [0.2, 0.25) is 21.8 Å². The Morgan fingerprint density at radius 1 is 0.828 bits per heavy atom. The second-order valence-electron chi connectivity index (χ2n) is 8.14. The van der Waals surface area contributed by atoms with Crippen LogP contribution in [0.3, 0.4) is 0 Å². The number of sulfonamides is 1. The summed E-state index contributed by atoms with van der Waals surface area (Å²) >= 11 is 0. The Hall–Kier alpha value is -1.93. The molecule has 0 bridgehead atoms. The van der Waals surface area contributed by atoms with Crippen molar-refractivity contribution in [3.05, 3.63) is 23.8 Å². The highest BCUT2D eigenvalue weighted by molar-refractivity contribution is 7.89. The van der Waals surface area contributed by atoms with E-state index in [1.807, 2.05) is 4.90 Å². The first-order valence-corrected chi connectivity index (χ1v) is 12.1. The number of hydrogen-bond donors (Lipinski definition) is 0. The summed E-state index contributed by atoms with van der Waals surface area (Å²) in [6, 6.07) is 5.09. The van der Waals surface area contributed by atoms with Crippen molar-refractivity contribution in [2.75, 3.05) is 37.6 Å². The average molecular weight is 420 g/mol. The molecule has 2 fully saturated rings. The van der Waals surface area contributed by atoms with E-state index in [0.717, 1.165) is 56.4 Å². The number of anilines is 1. The van der Waals surface area contributed by atoms with E-state index in [9.17, 15) is 18.0 Å². The summed E-state index contributed by atoms with van der Waals surface area (Å²) in [5.74, 6) is -0.0128. The van der Waals surface area contributed by atoms with Crippen molar-refractivity contribution in [2.24, 2.45) is 0 Å². The Morgan fingerprint density at radius 2 is 1.48 bits per heavy atom. The third-order valence-electron chi connectivity index (χ3n) is 6.21. The minimum absolute atomic E-state index is 0.0539. The minimum atomic E-state index is -3.47. The topological polar surface area (TPSA) is 78.0 Å². The number of piperidine rings is 1. The fourth-order valence-corrected chi connectivity index (χ4v) is 6.09. The highest BCUT2D eigenvalue weighted by Gasteiger charge is 2.30. The average Bonchev–Trinajstić information content (AvgIpc) is 3.42. The van der Waals surface area contributed by atoms with Crippen LogP contribution < -0.4 is 4.90 Å². The monoisotopic (exact) mass is 419 g/mol. The van der Waals surface area contributed by atoms with Crippen LogP contribution in [0.2, 0.25) is 0 Å². The Kier molecular flexibility index (Phi) is 5.92. The van der Waals surface area contributed by atoms with Crippen LogP contribution in [0, 0.1) is 0 Å². The van der Waals surface area contributed by atoms with Gasteiger partial charge in [0.25, 0.3) is 0 Å². The van der Waals surface area contributed by atoms with Gasteiger partial charge in [-0.3, -0.25) is 9.59 Å². The summed E-state index contributed by atoms with van der Waals surface area (Å²) in [5.41, 5.74) is 1.67. The zero-order valence-electron chi connectivity index (χ0n) is 16.8. The van der Waals surface area contributed by atoms with Crippen molar-refractivity contribution in [3.63, 3.8) is 0 Å². The number of rotatable bonds is 5. The maximum Gasteiger partial charge on any atom is 0.243 e. The number of carbonyl (C=O) groups is 2. The van der Waals surface area contributed by atoms with Crippen LogP contribution in [-0.4, -0.2) is 62.2 Å². The molecule has 0 atom stereocenters. The first-order valence-electron chi connectivity index (χ1n) is 10.7. The quantitative estimate of drug-likeness (QED) is 0.733. The molecule has 0 aliphatic carbocycles. The predicted molar refractivity (Wildman–Crippen MR) is 110 cm³/mol. The smallest absolute Gasteiger partial charge is 0.243 e. The molecule has 8 heteroatoms. The molecule has 3 heterocycles. The number of fused-ring (bicyclic) bond motifs is 1. The third-order valence-corrected chi connectivity index (χ3v) is 8.11. The molecule has 0 aromatic heterocycles. The van der Waals surface area contributed by atoms with Gasteiger partial charge in [-0.15, -0.1) is 0 Å². The number of hydrogen-bond acceptors (Lipinski definition) is 4. The van der Waals surface area contributed by atoms with E-state index in [1.54, 1.807) is 27.4 Å². The molecular weight excluding hydrogens is 390 g/mol. The molecule has 0 N–H and O–H groups in total. The third kappa shape index (κ3) is 4.19. The second-order valence-corrected chi connectivity index (χ2v) is 10.1. The number of nitrogens with zero attached hydrogens (tertiary/aromatic N) is 3. The fraction of sp³-hybridized carbons (Fsp3) is 0.619.